The molecule has 15 heavy (non-hydrogen) atoms. The molecule has 0 bridgehead atoms. The minimum absolute atomic E-state index is 0.349. The first-order valence-corrected chi connectivity index (χ1v) is 6.71. The Morgan fingerprint density at radius 2 is 2.07 bits per heavy atom. The van der Waals surface area contributed by atoms with Gasteiger partial charge >= 0.3 is 0 Å². The van der Waals surface area contributed by atoms with Crippen molar-refractivity contribution in [2.24, 2.45) is 5.92 Å². The average molecular weight is 213 g/mol. The lowest BCUT2D eigenvalue weighted by atomic mass is 9.84. The summed E-state index contributed by atoms with van der Waals surface area (Å²) in [5.74, 6) is 0.966. The second-order valence-electron chi connectivity index (χ2n) is 4.88. The fourth-order valence-electron chi connectivity index (χ4n) is 2.57. The number of hydrogen-bond donors (Lipinski definition) is 2. The molecule has 1 fully saturated rings. The van der Waals surface area contributed by atoms with E-state index in [9.17, 15) is 0 Å². The van der Waals surface area contributed by atoms with Gasteiger partial charge in [-0.15, -0.1) is 0 Å². The van der Waals surface area contributed by atoms with Crippen molar-refractivity contribution < 1.29 is 5.11 Å². The molecule has 0 heterocycles. The molecule has 0 aliphatic heterocycles. The molecule has 0 aromatic heterocycles. The molecule has 2 atom stereocenters. The van der Waals surface area contributed by atoms with Crippen molar-refractivity contribution in [3.63, 3.8) is 0 Å². The van der Waals surface area contributed by atoms with E-state index in [1.54, 1.807) is 0 Å². The Hall–Kier alpha value is -0.0800. The second-order valence-corrected chi connectivity index (χ2v) is 4.88. The Labute approximate surface area is 94.5 Å². The molecule has 1 aliphatic rings. The molecule has 1 saturated carbocycles. The van der Waals surface area contributed by atoms with E-state index in [1.807, 2.05) is 0 Å². The maximum absolute atomic E-state index is 8.66. The van der Waals surface area contributed by atoms with Crippen LogP contribution in [0.2, 0.25) is 0 Å². The summed E-state index contributed by atoms with van der Waals surface area (Å²) in [5.41, 5.74) is 0. The van der Waals surface area contributed by atoms with Gasteiger partial charge in [-0.1, -0.05) is 26.2 Å². The fourth-order valence-corrected chi connectivity index (χ4v) is 2.57. The summed E-state index contributed by atoms with van der Waals surface area (Å²) in [6.07, 6.45) is 10.3. The van der Waals surface area contributed by atoms with Crippen LogP contribution in [0, 0.1) is 5.92 Å². The Morgan fingerprint density at radius 1 is 1.20 bits per heavy atom. The van der Waals surface area contributed by atoms with Gasteiger partial charge in [-0.2, -0.15) is 0 Å². The molecule has 2 unspecified atom stereocenters. The summed E-state index contributed by atoms with van der Waals surface area (Å²) in [5, 5.41) is 12.3. The Bertz CT molecular complexity index is 149. The number of aliphatic hydroxyl groups is 1. The molecule has 0 radical (unpaired) electrons. The van der Waals surface area contributed by atoms with E-state index >= 15 is 0 Å². The van der Waals surface area contributed by atoms with Crippen molar-refractivity contribution in [2.45, 2.75) is 64.3 Å². The highest BCUT2D eigenvalue weighted by atomic mass is 16.2. The molecule has 0 amide bonds. The van der Waals surface area contributed by atoms with Gasteiger partial charge in [0.2, 0.25) is 0 Å². The van der Waals surface area contributed by atoms with E-state index in [1.165, 1.54) is 38.5 Å². The van der Waals surface area contributed by atoms with Crippen molar-refractivity contribution in [1.82, 2.24) is 5.32 Å². The third-order valence-electron chi connectivity index (χ3n) is 3.63. The number of aliphatic hydroxyl groups excluding tert-OH is 1. The van der Waals surface area contributed by atoms with Crippen LogP contribution in [0.25, 0.3) is 0 Å². The molecule has 0 saturated heterocycles. The molecule has 2 heteroatoms. The van der Waals surface area contributed by atoms with Crippen LogP contribution in [0.1, 0.15) is 58.3 Å². The highest BCUT2D eigenvalue weighted by Gasteiger charge is 2.19. The zero-order chi connectivity index (χ0) is 10.9. The predicted octanol–water partition coefficient (Wildman–Crippen LogP) is 2.71. The third-order valence-corrected chi connectivity index (χ3v) is 3.63. The number of rotatable bonds is 7. The van der Waals surface area contributed by atoms with Crippen molar-refractivity contribution >= 4 is 0 Å². The Balaban J connectivity index is 2.00. The van der Waals surface area contributed by atoms with E-state index in [0.29, 0.717) is 6.61 Å². The first-order chi connectivity index (χ1) is 7.36. The fraction of sp³-hybridized carbons (Fsp3) is 1.00. The maximum Gasteiger partial charge on any atom is 0.0431 e. The van der Waals surface area contributed by atoms with Gasteiger partial charge in [0.1, 0.15) is 0 Å². The van der Waals surface area contributed by atoms with E-state index in [4.69, 9.17) is 5.11 Å². The van der Waals surface area contributed by atoms with E-state index < -0.39 is 0 Å². The van der Waals surface area contributed by atoms with Crippen LogP contribution in [0.15, 0.2) is 0 Å². The van der Waals surface area contributed by atoms with Crippen LogP contribution in [-0.2, 0) is 0 Å². The smallest absolute Gasteiger partial charge is 0.0431 e. The summed E-state index contributed by atoms with van der Waals surface area (Å²) in [6.45, 7) is 3.80. The number of nitrogens with one attached hydrogen (secondary N) is 1. The number of hydrogen-bond acceptors (Lipinski definition) is 2. The topological polar surface area (TPSA) is 32.3 Å². The Morgan fingerprint density at radius 3 is 2.80 bits per heavy atom. The molecule has 90 valence electrons. The van der Waals surface area contributed by atoms with Gasteiger partial charge in [0.05, 0.1) is 0 Å². The molecular weight excluding hydrogens is 186 g/mol. The summed E-state index contributed by atoms with van der Waals surface area (Å²) in [7, 11) is 0. The molecular formula is C13H27NO. The molecule has 0 spiro atoms. The first-order valence-electron chi connectivity index (χ1n) is 6.71. The van der Waals surface area contributed by atoms with Gasteiger partial charge in [-0.05, 0) is 44.6 Å². The van der Waals surface area contributed by atoms with Crippen molar-refractivity contribution in [1.29, 1.82) is 0 Å². The largest absolute Gasteiger partial charge is 0.396 e. The Kier molecular flexibility index (Phi) is 7.03. The van der Waals surface area contributed by atoms with Crippen LogP contribution < -0.4 is 5.32 Å². The normalized spacial score (nSPS) is 26.8. The first kappa shape index (κ1) is 13.0. The van der Waals surface area contributed by atoms with Crippen LogP contribution in [0.4, 0.5) is 0 Å². The third kappa shape index (κ3) is 5.53. The zero-order valence-corrected chi connectivity index (χ0v) is 10.2. The van der Waals surface area contributed by atoms with Crippen molar-refractivity contribution in [3.05, 3.63) is 0 Å². The predicted molar refractivity (Wildman–Crippen MR) is 65.0 cm³/mol. The minimum atomic E-state index is 0.349. The molecule has 0 aromatic carbocycles. The molecule has 2 nitrogen and oxygen atoms in total. The van der Waals surface area contributed by atoms with Gasteiger partial charge in [0, 0.05) is 12.6 Å². The molecule has 1 aliphatic carbocycles. The monoisotopic (exact) mass is 213 g/mol. The van der Waals surface area contributed by atoms with Gasteiger partial charge in [-0.3, -0.25) is 0 Å². The summed E-state index contributed by atoms with van der Waals surface area (Å²) >= 11 is 0. The second kappa shape index (κ2) is 8.12. The molecule has 0 aromatic rings. The minimum Gasteiger partial charge on any atom is -0.396 e. The van der Waals surface area contributed by atoms with E-state index in [2.05, 4.69) is 12.2 Å². The number of unbranched alkanes of at least 4 members (excludes halogenated alkanes) is 2. The van der Waals surface area contributed by atoms with Crippen molar-refractivity contribution in [2.75, 3.05) is 13.2 Å². The van der Waals surface area contributed by atoms with Gasteiger partial charge in [0.15, 0.2) is 0 Å². The average Bonchev–Trinajstić information content (AvgIpc) is 2.29. The quantitative estimate of drug-likeness (QED) is 0.637. The summed E-state index contributed by atoms with van der Waals surface area (Å²) < 4.78 is 0. The van der Waals surface area contributed by atoms with Crippen LogP contribution >= 0.6 is 0 Å². The zero-order valence-electron chi connectivity index (χ0n) is 10.2. The lowest BCUT2D eigenvalue weighted by molar-refractivity contribution is 0.270. The van der Waals surface area contributed by atoms with Crippen LogP contribution in [0.5, 0.6) is 0 Å². The highest BCUT2D eigenvalue weighted by molar-refractivity contribution is 4.77. The van der Waals surface area contributed by atoms with Crippen LogP contribution in [0.3, 0.4) is 0 Å². The summed E-state index contributed by atoms with van der Waals surface area (Å²) in [4.78, 5) is 0. The van der Waals surface area contributed by atoms with Crippen molar-refractivity contribution in [3.8, 4) is 0 Å². The molecule has 2 N–H and O–H groups in total. The lowest BCUT2D eigenvalue weighted by Gasteiger charge is -2.29. The van der Waals surface area contributed by atoms with E-state index in [-0.39, 0.29) is 0 Å². The highest BCUT2D eigenvalue weighted by Crippen LogP contribution is 2.26. The SMILES string of the molecule is CCC1CCCC(NCCCCCO)C1. The van der Waals surface area contributed by atoms with Gasteiger partial charge in [-0.25, -0.2) is 0 Å². The lowest BCUT2D eigenvalue weighted by Crippen LogP contribution is -2.34. The van der Waals surface area contributed by atoms with E-state index in [0.717, 1.165) is 31.3 Å². The van der Waals surface area contributed by atoms with Gasteiger partial charge < -0.3 is 10.4 Å². The molecule has 1 rings (SSSR count). The van der Waals surface area contributed by atoms with Gasteiger partial charge in [0.25, 0.3) is 0 Å². The standard InChI is InChI=1S/C13H27NO/c1-2-12-7-6-8-13(11-12)14-9-4-3-5-10-15/h12-15H,2-11H2,1H3. The maximum atomic E-state index is 8.66. The van der Waals surface area contributed by atoms with Crippen LogP contribution in [-0.4, -0.2) is 24.3 Å². The summed E-state index contributed by atoms with van der Waals surface area (Å²) in [6, 6.07) is 0.776.